The molecule has 0 bridgehead atoms. The van der Waals surface area contributed by atoms with Crippen LogP contribution in [0.5, 0.6) is 0 Å². The quantitative estimate of drug-likeness (QED) is 0.598. The number of ether oxygens (including phenoxy) is 3. The summed E-state index contributed by atoms with van der Waals surface area (Å²) in [5, 5.41) is 0. The van der Waals surface area contributed by atoms with E-state index in [4.69, 9.17) is 19.9 Å². The largest absolute Gasteiger partial charge is 0.465 e. The van der Waals surface area contributed by atoms with E-state index in [0.717, 1.165) is 31.3 Å². The van der Waals surface area contributed by atoms with Crippen molar-refractivity contribution >= 4 is 11.9 Å². The molecule has 122 valence electrons. The first-order valence-electron chi connectivity index (χ1n) is 7.70. The van der Waals surface area contributed by atoms with Gasteiger partial charge in [0.25, 0.3) is 0 Å². The second-order valence-corrected chi connectivity index (χ2v) is 5.81. The highest BCUT2D eigenvalue weighted by Gasteiger charge is 2.36. The summed E-state index contributed by atoms with van der Waals surface area (Å²) < 4.78 is 16.1. The number of hydrogen-bond donors (Lipinski definition) is 1. The van der Waals surface area contributed by atoms with E-state index in [1.165, 1.54) is 12.5 Å². The lowest BCUT2D eigenvalue weighted by Gasteiger charge is -2.22. The van der Waals surface area contributed by atoms with Gasteiger partial charge >= 0.3 is 5.97 Å². The number of carbonyl (C=O) groups is 2. The Hall–Kier alpha value is -2.50. The van der Waals surface area contributed by atoms with Crippen molar-refractivity contribution in [3.8, 4) is 0 Å². The van der Waals surface area contributed by atoms with Crippen LogP contribution < -0.4 is 5.73 Å². The van der Waals surface area contributed by atoms with Gasteiger partial charge in [0.2, 0.25) is 5.91 Å². The van der Waals surface area contributed by atoms with Crippen molar-refractivity contribution in [1.29, 1.82) is 0 Å². The molecule has 0 saturated heterocycles. The zero-order chi connectivity index (χ0) is 16.2. The van der Waals surface area contributed by atoms with Gasteiger partial charge < -0.3 is 19.9 Å². The average Bonchev–Trinajstić information content (AvgIpc) is 3.38. The molecular weight excluding hydrogens is 298 g/mol. The maximum Gasteiger partial charge on any atom is 0.326 e. The van der Waals surface area contributed by atoms with Gasteiger partial charge in [-0.3, -0.25) is 9.59 Å². The van der Waals surface area contributed by atoms with Gasteiger partial charge in [-0.25, -0.2) is 0 Å². The second kappa shape index (κ2) is 6.73. The second-order valence-electron chi connectivity index (χ2n) is 5.81. The van der Waals surface area contributed by atoms with Gasteiger partial charge in [0.15, 0.2) is 17.4 Å². The fraction of sp³-hybridized carbons (Fsp3) is 0.412. The lowest BCUT2D eigenvalue weighted by atomic mass is 10.0. The lowest BCUT2D eigenvalue weighted by molar-refractivity contribution is -0.152. The van der Waals surface area contributed by atoms with Crippen LogP contribution in [0.4, 0.5) is 0 Å². The van der Waals surface area contributed by atoms with Crippen molar-refractivity contribution in [1.82, 2.24) is 0 Å². The van der Waals surface area contributed by atoms with Crippen LogP contribution in [-0.4, -0.2) is 18.5 Å². The van der Waals surface area contributed by atoms with E-state index in [-0.39, 0.29) is 5.76 Å². The first-order valence-corrected chi connectivity index (χ1v) is 7.70. The van der Waals surface area contributed by atoms with Crippen molar-refractivity contribution in [2.45, 2.75) is 25.7 Å². The summed E-state index contributed by atoms with van der Waals surface area (Å²) in [7, 11) is 0. The van der Waals surface area contributed by atoms with Crippen molar-refractivity contribution in [2.24, 2.45) is 17.6 Å². The fourth-order valence-corrected chi connectivity index (χ4v) is 2.35. The molecule has 3 rings (SSSR count). The van der Waals surface area contributed by atoms with Crippen LogP contribution in [0.3, 0.4) is 0 Å². The van der Waals surface area contributed by atoms with Crippen LogP contribution in [0.1, 0.15) is 25.7 Å². The number of rotatable bonds is 6. The van der Waals surface area contributed by atoms with Crippen molar-refractivity contribution in [2.75, 3.05) is 6.61 Å². The third-order valence-electron chi connectivity index (χ3n) is 3.88. The molecule has 1 atom stereocenters. The Kier molecular flexibility index (Phi) is 4.50. The Balaban J connectivity index is 1.68. The maximum atomic E-state index is 12.2. The Morgan fingerprint density at radius 3 is 2.83 bits per heavy atom. The van der Waals surface area contributed by atoms with Gasteiger partial charge in [0, 0.05) is 0 Å². The lowest BCUT2D eigenvalue weighted by Crippen LogP contribution is -2.35. The molecule has 6 heteroatoms. The third kappa shape index (κ3) is 3.83. The predicted octanol–water partition coefficient (Wildman–Crippen LogP) is 2.05. The minimum atomic E-state index is -1.29. The number of carbonyl (C=O) groups excluding carboxylic acids is 2. The fourth-order valence-electron chi connectivity index (χ4n) is 2.35. The molecule has 0 radical (unpaired) electrons. The molecule has 2 aliphatic carbocycles. The Bertz CT molecular complexity index is 625. The summed E-state index contributed by atoms with van der Waals surface area (Å²) in [5.41, 5.74) is 6.29. The molecule has 3 aliphatic rings. The smallest absolute Gasteiger partial charge is 0.326 e. The SMILES string of the molecule is NC(=O)C(C(=O)OCC1CC1)C1=COC=C(C2=CC=CCC2)O1. The molecule has 1 fully saturated rings. The highest BCUT2D eigenvalue weighted by molar-refractivity contribution is 5.99. The Labute approximate surface area is 134 Å². The number of primary amides is 1. The molecule has 6 nitrogen and oxygen atoms in total. The highest BCUT2D eigenvalue weighted by atomic mass is 16.6. The maximum absolute atomic E-state index is 12.2. The summed E-state index contributed by atoms with van der Waals surface area (Å²) in [5.74, 6) is -1.87. The number of hydrogen-bond acceptors (Lipinski definition) is 5. The molecule has 0 aromatic heterocycles. The Morgan fingerprint density at radius 2 is 2.17 bits per heavy atom. The minimum Gasteiger partial charge on any atom is -0.465 e. The van der Waals surface area contributed by atoms with Crippen LogP contribution in [0.2, 0.25) is 0 Å². The van der Waals surface area contributed by atoms with E-state index in [1.807, 2.05) is 18.2 Å². The number of esters is 1. The first kappa shape index (κ1) is 15.4. The molecule has 1 unspecified atom stereocenters. The standard InChI is InChI=1S/C17H19NO5/c18-16(19)15(17(20)22-8-11-6-7-11)14-10-21-9-13(23-14)12-4-2-1-3-5-12/h1-2,4,9-11,15H,3,5-8H2,(H2,18,19). The van der Waals surface area contributed by atoms with Crippen LogP contribution in [0.25, 0.3) is 0 Å². The zero-order valence-electron chi connectivity index (χ0n) is 12.7. The van der Waals surface area contributed by atoms with E-state index in [0.29, 0.717) is 18.3 Å². The molecular formula is C17H19NO5. The number of amides is 1. The average molecular weight is 317 g/mol. The zero-order valence-corrected chi connectivity index (χ0v) is 12.7. The van der Waals surface area contributed by atoms with Gasteiger partial charge in [-0.15, -0.1) is 0 Å². The summed E-state index contributed by atoms with van der Waals surface area (Å²) in [6.45, 7) is 0.315. The molecule has 23 heavy (non-hydrogen) atoms. The Morgan fingerprint density at radius 1 is 1.35 bits per heavy atom. The van der Waals surface area contributed by atoms with Gasteiger partial charge in [-0.05, 0) is 37.2 Å². The van der Waals surface area contributed by atoms with Crippen molar-refractivity contribution in [3.05, 3.63) is 47.8 Å². The van der Waals surface area contributed by atoms with Gasteiger partial charge in [0.05, 0.1) is 6.61 Å². The van der Waals surface area contributed by atoms with E-state index in [9.17, 15) is 9.59 Å². The normalized spacial score (nSPS) is 21.1. The van der Waals surface area contributed by atoms with Gasteiger partial charge in [-0.1, -0.05) is 18.2 Å². The van der Waals surface area contributed by atoms with E-state index < -0.39 is 17.8 Å². The van der Waals surface area contributed by atoms with Crippen LogP contribution >= 0.6 is 0 Å². The summed E-state index contributed by atoms with van der Waals surface area (Å²) in [6, 6.07) is 0. The predicted molar refractivity (Wildman–Crippen MR) is 81.2 cm³/mol. The molecule has 1 heterocycles. The molecule has 0 aromatic rings. The molecule has 1 saturated carbocycles. The molecule has 1 amide bonds. The molecule has 0 aromatic carbocycles. The summed E-state index contributed by atoms with van der Waals surface area (Å²) in [4.78, 5) is 23.8. The molecule has 2 N–H and O–H groups in total. The third-order valence-corrected chi connectivity index (χ3v) is 3.88. The molecule has 0 spiro atoms. The van der Waals surface area contributed by atoms with Gasteiger partial charge in [-0.2, -0.15) is 0 Å². The monoisotopic (exact) mass is 317 g/mol. The van der Waals surface area contributed by atoms with Crippen molar-refractivity contribution in [3.63, 3.8) is 0 Å². The van der Waals surface area contributed by atoms with E-state index in [2.05, 4.69) is 0 Å². The van der Waals surface area contributed by atoms with Crippen LogP contribution in [-0.2, 0) is 23.8 Å². The van der Waals surface area contributed by atoms with Gasteiger partial charge in [0.1, 0.15) is 12.5 Å². The van der Waals surface area contributed by atoms with Crippen LogP contribution in [0.15, 0.2) is 47.8 Å². The van der Waals surface area contributed by atoms with Crippen LogP contribution in [0, 0.1) is 11.8 Å². The van der Waals surface area contributed by atoms with E-state index >= 15 is 0 Å². The van der Waals surface area contributed by atoms with Crippen molar-refractivity contribution < 1.29 is 23.8 Å². The first-order chi connectivity index (χ1) is 11.1. The summed E-state index contributed by atoms with van der Waals surface area (Å²) >= 11 is 0. The minimum absolute atomic E-state index is 0.0613. The number of allylic oxidation sites excluding steroid dienone is 4. The summed E-state index contributed by atoms with van der Waals surface area (Å²) in [6.07, 6.45) is 12.3. The van der Waals surface area contributed by atoms with E-state index in [1.54, 1.807) is 0 Å². The number of nitrogens with two attached hydrogens (primary N) is 1. The topological polar surface area (TPSA) is 87.9 Å². The molecule has 1 aliphatic heterocycles. The highest BCUT2D eigenvalue weighted by Crippen LogP contribution is 2.31.